The second-order valence-corrected chi connectivity index (χ2v) is 5.51. The molecule has 1 aromatic carbocycles. The van der Waals surface area contributed by atoms with Gasteiger partial charge in [-0.15, -0.1) is 11.3 Å². The predicted octanol–water partition coefficient (Wildman–Crippen LogP) is 2.64. The molecule has 0 unspecified atom stereocenters. The molecule has 1 aromatic heterocycles. The van der Waals surface area contributed by atoms with E-state index in [1.807, 2.05) is 12.1 Å². The zero-order valence-corrected chi connectivity index (χ0v) is 12.2. The number of thiophene rings is 1. The number of nitrogens with two attached hydrogens (primary N) is 1. The Balaban J connectivity index is 1.97. The van der Waals surface area contributed by atoms with Crippen molar-refractivity contribution >= 4 is 28.8 Å². The van der Waals surface area contributed by atoms with Crippen LogP contribution in [0.15, 0.2) is 36.4 Å². The van der Waals surface area contributed by atoms with Crippen LogP contribution in [0.25, 0.3) is 0 Å². The van der Waals surface area contributed by atoms with Gasteiger partial charge in [-0.05, 0) is 24.3 Å². The van der Waals surface area contributed by atoms with Gasteiger partial charge in [-0.25, -0.2) is 0 Å². The average Bonchev–Trinajstić information content (AvgIpc) is 2.91. The van der Waals surface area contributed by atoms with Gasteiger partial charge in [0.25, 0.3) is 5.91 Å². The summed E-state index contributed by atoms with van der Waals surface area (Å²) in [5.74, 6) is 5.58. The minimum atomic E-state index is -0.182. The normalized spacial score (nSPS) is 9.70. The number of nitrogens with one attached hydrogen (secondary N) is 1. The third-order valence-corrected chi connectivity index (χ3v) is 3.85. The van der Waals surface area contributed by atoms with Crippen molar-refractivity contribution in [2.75, 3.05) is 6.54 Å². The molecule has 2 rings (SSSR count). The summed E-state index contributed by atoms with van der Waals surface area (Å²) in [5.41, 5.74) is 5.80. The van der Waals surface area contributed by atoms with Crippen molar-refractivity contribution in [2.24, 2.45) is 5.73 Å². The van der Waals surface area contributed by atoms with Crippen LogP contribution in [-0.2, 0) is 6.54 Å². The summed E-state index contributed by atoms with van der Waals surface area (Å²) < 4.78 is 0. The Labute approximate surface area is 126 Å². The van der Waals surface area contributed by atoms with Crippen molar-refractivity contribution in [1.82, 2.24) is 5.32 Å². The van der Waals surface area contributed by atoms with Crippen LogP contribution in [0.1, 0.15) is 20.1 Å². The predicted molar refractivity (Wildman–Crippen MR) is 82.9 cm³/mol. The summed E-state index contributed by atoms with van der Waals surface area (Å²) in [7, 11) is 0. The average molecular weight is 305 g/mol. The quantitative estimate of drug-likeness (QED) is 0.857. The lowest BCUT2D eigenvalue weighted by molar-refractivity contribution is 0.0951. The SMILES string of the molecule is NCC#Cc1ccc(CNC(=O)c2ccccc2Cl)s1. The van der Waals surface area contributed by atoms with Crippen LogP contribution in [0.3, 0.4) is 0 Å². The first-order chi connectivity index (χ1) is 9.70. The lowest BCUT2D eigenvalue weighted by atomic mass is 10.2. The van der Waals surface area contributed by atoms with E-state index in [-0.39, 0.29) is 5.91 Å². The molecule has 3 nitrogen and oxygen atoms in total. The maximum Gasteiger partial charge on any atom is 0.253 e. The molecular weight excluding hydrogens is 292 g/mol. The van der Waals surface area contributed by atoms with Crippen LogP contribution in [-0.4, -0.2) is 12.5 Å². The molecule has 1 amide bonds. The fourth-order valence-corrected chi connectivity index (χ4v) is 2.63. The number of carbonyl (C=O) groups is 1. The summed E-state index contributed by atoms with van der Waals surface area (Å²) in [6, 6.07) is 10.8. The van der Waals surface area contributed by atoms with Crippen LogP contribution in [0, 0.1) is 11.8 Å². The van der Waals surface area contributed by atoms with Crippen LogP contribution >= 0.6 is 22.9 Å². The fourth-order valence-electron chi connectivity index (χ4n) is 1.59. The molecule has 0 saturated heterocycles. The Morgan fingerprint density at radius 3 is 2.85 bits per heavy atom. The van der Waals surface area contributed by atoms with Crippen molar-refractivity contribution in [3.05, 3.63) is 56.7 Å². The molecule has 0 fully saturated rings. The van der Waals surface area contributed by atoms with E-state index in [0.29, 0.717) is 23.7 Å². The molecule has 0 atom stereocenters. The topological polar surface area (TPSA) is 55.1 Å². The highest BCUT2D eigenvalue weighted by molar-refractivity contribution is 7.12. The van der Waals surface area contributed by atoms with Gasteiger partial charge in [0.05, 0.1) is 28.6 Å². The van der Waals surface area contributed by atoms with Crippen molar-refractivity contribution in [2.45, 2.75) is 6.54 Å². The van der Waals surface area contributed by atoms with Crippen LogP contribution in [0.2, 0.25) is 5.02 Å². The molecule has 0 bridgehead atoms. The zero-order chi connectivity index (χ0) is 14.4. The van der Waals surface area contributed by atoms with E-state index in [1.165, 1.54) is 11.3 Å². The Hall–Kier alpha value is -1.80. The van der Waals surface area contributed by atoms with Gasteiger partial charge in [0.2, 0.25) is 0 Å². The fraction of sp³-hybridized carbons (Fsp3) is 0.133. The maximum absolute atomic E-state index is 12.0. The number of halogens is 1. The Bertz CT molecular complexity index is 670. The number of hydrogen-bond acceptors (Lipinski definition) is 3. The Kier molecular flexibility index (Phi) is 5.19. The van der Waals surface area contributed by atoms with Crippen molar-refractivity contribution in [3.63, 3.8) is 0 Å². The van der Waals surface area contributed by atoms with Gasteiger partial charge in [0.15, 0.2) is 0 Å². The van der Waals surface area contributed by atoms with Gasteiger partial charge in [0, 0.05) is 4.88 Å². The van der Waals surface area contributed by atoms with Gasteiger partial charge < -0.3 is 11.1 Å². The Morgan fingerprint density at radius 2 is 2.10 bits per heavy atom. The minimum absolute atomic E-state index is 0.182. The molecule has 0 aliphatic heterocycles. The number of benzene rings is 1. The molecular formula is C15H13ClN2OS. The van der Waals surface area contributed by atoms with E-state index in [9.17, 15) is 4.79 Å². The minimum Gasteiger partial charge on any atom is -0.347 e. The first-order valence-electron chi connectivity index (χ1n) is 6.01. The second kappa shape index (κ2) is 7.11. The van der Waals surface area contributed by atoms with E-state index in [4.69, 9.17) is 17.3 Å². The summed E-state index contributed by atoms with van der Waals surface area (Å²) in [5, 5.41) is 3.29. The van der Waals surface area contributed by atoms with E-state index < -0.39 is 0 Å². The van der Waals surface area contributed by atoms with E-state index in [0.717, 1.165) is 9.75 Å². The number of rotatable bonds is 3. The van der Waals surface area contributed by atoms with Crippen molar-refractivity contribution < 1.29 is 4.79 Å². The molecule has 102 valence electrons. The third kappa shape index (κ3) is 3.84. The molecule has 2 aromatic rings. The van der Waals surface area contributed by atoms with E-state index in [2.05, 4.69) is 17.2 Å². The van der Waals surface area contributed by atoms with Gasteiger partial charge in [-0.2, -0.15) is 0 Å². The highest BCUT2D eigenvalue weighted by atomic mass is 35.5. The molecule has 1 heterocycles. The number of carbonyl (C=O) groups excluding carboxylic acids is 1. The monoisotopic (exact) mass is 304 g/mol. The lowest BCUT2D eigenvalue weighted by Gasteiger charge is -2.05. The molecule has 0 saturated carbocycles. The third-order valence-electron chi connectivity index (χ3n) is 2.52. The molecule has 0 aliphatic rings. The van der Waals surface area contributed by atoms with Crippen molar-refractivity contribution in [3.8, 4) is 11.8 Å². The molecule has 3 N–H and O–H groups in total. The first-order valence-corrected chi connectivity index (χ1v) is 7.20. The van der Waals surface area contributed by atoms with Gasteiger partial charge in [-0.3, -0.25) is 4.79 Å². The van der Waals surface area contributed by atoms with E-state index in [1.54, 1.807) is 24.3 Å². The smallest absolute Gasteiger partial charge is 0.253 e. The van der Waals surface area contributed by atoms with Crippen LogP contribution in [0.5, 0.6) is 0 Å². The van der Waals surface area contributed by atoms with Crippen LogP contribution in [0.4, 0.5) is 0 Å². The highest BCUT2D eigenvalue weighted by Gasteiger charge is 2.09. The standard InChI is InChI=1S/C15H13ClN2OS/c16-14-6-2-1-5-13(14)15(19)18-10-12-8-7-11(20-12)4-3-9-17/h1-2,5-8H,9-10,17H2,(H,18,19). The highest BCUT2D eigenvalue weighted by Crippen LogP contribution is 2.17. The Morgan fingerprint density at radius 1 is 1.30 bits per heavy atom. The summed E-state index contributed by atoms with van der Waals surface area (Å²) in [4.78, 5) is 14.0. The zero-order valence-electron chi connectivity index (χ0n) is 10.7. The first kappa shape index (κ1) is 14.6. The summed E-state index contributed by atoms with van der Waals surface area (Å²) in [6.45, 7) is 0.801. The van der Waals surface area contributed by atoms with Gasteiger partial charge in [-0.1, -0.05) is 35.6 Å². The van der Waals surface area contributed by atoms with Crippen LogP contribution < -0.4 is 11.1 Å². The van der Waals surface area contributed by atoms with Gasteiger partial charge in [0.1, 0.15) is 0 Å². The molecule has 20 heavy (non-hydrogen) atoms. The number of hydrogen-bond donors (Lipinski definition) is 2. The summed E-state index contributed by atoms with van der Waals surface area (Å²) >= 11 is 7.51. The molecule has 0 radical (unpaired) electrons. The lowest BCUT2D eigenvalue weighted by Crippen LogP contribution is -2.22. The second-order valence-electron chi connectivity index (χ2n) is 3.93. The van der Waals surface area contributed by atoms with Crippen molar-refractivity contribution in [1.29, 1.82) is 0 Å². The number of amides is 1. The van der Waals surface area contributed by atoms with E-state index >= 15 is 0 Å². The maximum atomic E-state index is 12.0. The van der Waals surface area contributed by atoms with Gasteiger partial charge >= 0.3 is 0 Å². The summed E-state index contributed by atoms with van der Waals surface area (Å²) in [6.07, 6.45) is 0. The molecule has 0 aliphatic carbocycles. The largest absolute Gasteiger partial charge is 0.347 e. The molecule has 5 heteroatoms. The molecule has 0 spiro atoms.